The number of nitrogens with two attached hydrogens (primary N) is 1. The summed E-state index contributed by atoms with van der Waals surface area (Å²) in [7, 11) is 0. The van der Waals surface area contributed by atoms with Crippen molar-refractivity contribution in [3.05, 3.63) is 0 Å². The van der Waals surface area contributed by atoms with E-state index in [0.717, 1.165) is 0 Å². The lowest BCUT2D eigenvalue weighted by Crippen LogP contribution is -2.39. The van der Waals surface area contributed by atoms with Gasteiger partial charge in [0.1, 0.15) is 0 Å². The van der Waals surface area contributed by atoms with Crippen molar-refractivity contribution in [2.45, 2.75) is 129 Å². The minimum absolute atomic E-state index is 0.147. The summed E-state index contributed by atoms with van der Waals surface area (Å²) in [5.41, 5.74) is 6.92. The first-order valence-corrected chi connectivity index (χ1v) is 9.97. The summed E-state index contributed by atoms with van der Waals surface area (Å²) in [6.45, 7) is 6.86. The Morgan fingerprint density at radius 3 is 1.10 bits per heavy atom. The molecule has 0 bridgehead atoms. The highest BCUT2D eigenvalue weighted by Gasteiger charge is 2.23. The van der Waals surface area contributed by atoms with E-state index in [0.29, 0.717) is 0 Å². The van der Waals surface area contributed by atoms with E-state index in [1.807, 2.05) is 0 Å². The molecule has 0 heterocycles. The molecule has 0 atom stereocenters. The van der Waals surface area contributed by atoms with Crippen LogP contribution in [0.15, 0.2) is 0 Å². The molecule has 0 aromatic heterocycles. The third kappa shape index (κ3) is 13.4. The largest absolute Gasteiger partial charge is 0.325 e. The van der Waals surface area contributed by atoms with Crippen molar-refractivity contribution >= 4 is 0 Å². The van der Waals surface area contributed by atoms with Crippen LogP contribution >= 0.6 is 0 Å². The maximum absolute atomic E-state index is 6.78. The van der Waals surface area contributed by atoms with Gasteiger partial charge in [0.2, 0.25) is 0 Å². The molecule has 0 radical (unpaired) electrons. The van der Waals surface area contributed by atoms with Gasteiger partial charge in [-0.05, 0) is 19.3 Å². The van der Waals surface area contributed by atoms with E-state index in [1.54, 1.807) is 0 Å². The zero-order chi connectivity index (χ0) is 15.8. The van der Waals surface area contributed by atoms with Gasteiger partial charge in [0, 0.05) is 5.54 Å². The highest BCUT2D eigenvalue weighted by molar-refractivity contribution is 4.84. The second kappa shape index (κ2) is 14.9. The SMILES string of the molecule is CCCCCCCC(N)(CCCCCC)CCCCCC. The predicted molar refractivity (Wildman–Crippen MR) is 97.8 cm³/mol. The van der Waals surface area contributed by atoms with E-state index in [2.05, 4.69) is 20.8 Å². The quantitative estimate of drug-likeness (QED) is 0.305. The Balaban J connectivity index is 3.98. The second-order valence-electron chi connectivity index (χ2n) is 7.15. The van der Waals surface area contributed by atoms with Crippen molar-refractivity contribution in [1.82, 2.24) is 0 Å². The normalized spacial score (nSPS) is 12.0. The van der Waals surface area contributed by atoms with Crippen molar-refractivity contribution in [3.63, 3.8) is 0 Å². The Morgan fingerprint density at radius 1 is 0.476 bits per heavy atom. The van der Waals surface area contributed by atoms with Gasteiger partial charge in [-0.25, -0.2) is 0 Å². The van der Waals surface area contributed by atoms with Crippen LogP contribution < -0.4 is 5.73 Å². The van der Waals surface area contributed by atoms with E-state index in [-0.39, 0.29) is 5.54 Å². The van der Waals surface area contributed by atoms with Crippen LogP contribution in [0.25, 0.3) is 0 Å². The van der Waals surface area contributed by atoms with Crippen LogP contribution in [0.4, 0.5) is 0 Å². The third-order valence-corrected chi connectivity index (χ3v) is 4.83. The van der Waals surface area contributed by atoms with Gasteiger partial charge in [0.25, 0.3) is 0 Å². The van der Waals surface area contributed by atoms with E-state index in [4.69, 9.17) is 5.73 Å². The molecule has 128 valence electrons. The van der Waals surface area contributed by atoms with Crippen molar-refractivity contribution < 1.29 is 0 Å². The maximum Gasteiger partial charge on any atom is 0.0154 e. The van der Waals surface area contributed by atoms with Crippen LogP contribution in [0, 0.1) is 0 Å². The molecule has 0 saturated heterocycles. The lowest BCUT2D eigenvalue weighted by molar-refractivity contribution is 0.303. The Labute approximate surface area is 135 Å². The topological polar surface area (TPSA) is 26.0 Å². The van der Waals surface area contributed by atoms with Gasteiger partial charge < -0.3 is 5.73 Å². The first-order chi connectivity index (χ1) is 10.2. The molecule has 0 aromatic carbocycles. The van der Waals surface area contributed by atoms with Crippen LogP contribution in [0.2, 0.25) is 0 Å². The summed E-state index contributed by atoms with van der Waals surface area (Å²) in [6.07, 6.45) is 21.5. The smallest absolute Gasteiger partial charge is 0.0154 e. The molecule has 1 nitrogen and oxygen atoms in total. The fourth-order valence-electron chi connectivity index (χ4n) is 3.26. The van der Waals surface area contributed by atoms with E-state index < -0.39 is 0 Å². The molecular formula is C20H43N. The Morgan fingerprint density at radius 2 is 0.762 bits per heavy atom. The molecule has 0 fully saturated rings. The highest BCUT2D eigenvalue weighted by atomic mass is 14.7. The van der Waals surface area contributed by atoms with Gasteiger partial charge in [0.05, 0.1) is 0 Å². The molecule has 0 rings (SSSR count). The van der Waals surface area contributed by atoms with E-state index in [9.17, 15) is 0 Å². The molecule has 21 heavy (non-hydrogen) atoms. The van der Waals surface area contributed by atoms with Crippen LogP contribution in [-0.2, 0) is 0 Å². The Kier molecular flexibility index (Phi) is 14.9. The maximum atomic E-state index is 6.78. The number of unbranched alkanes of at least 4 members (excludes halogenated alkanes) is 10. The number of hydrogen-bond acceptors (Lipinski definition) is 1. The lowest BCUT2D eigenvalue weighted by atomic mass is 9.83. The van der Waals surface area contributed by atoms with Crippen molar-refractivity contribution in [2.75, 3.05) is 0 Å². The first-order valence-electron chi connectivity index (χ1n) is 9.97. The summed E-state index contributed by atoms with van der Waals surface area (Å²) in [5.74, 6) is 0. The minimum Gasteiger partial charge on any atom is -0.325 e. The molecule has 0 aliphatic heterocycles. The standard InChI is InChI=1S/C20H43N/c1-4-7-10-13-16-19-20(21,17-14-11-8-5-2)18-15-12-9-6-3/h4-19,21H2,1-3H3. The fourth-order valence-corrected chi connectivity index (χ4v) is 3.26. The molecule has 0 aliphatic carbocycles. The second-order valence-corrected chi connectivity index (χ2v) is 7.15. The van der Waals surface area contributed by atoms with Crippen molar-refractivity contribution in [2.24, 2.45) is 5.73 Å². The van der Waals surface area contributed by atoms with Crippen molar-refractivity contribution in [1.29, 1.82) is 0 Å². The zero-order valence-electron chi connectivity index (χ0n) is 15.4. The highest BCUT2D eigenvalue weighted by Crippen LogP contribution is 2.26. The summed E-state index contributed by atoms with van der Waals surface area (Å²) in [4.78, 5) is 0. The first kappa shape index (κ1) is 21.0. The summed E-state index contributed by atoms with van der Waals surface area (Å²) >= 11 is 0. The molecule has 0 unspecified atom stereocenters. The Bertz CT molecular complexity index is 188. The van der Waals surface area contributed by atoms with Gasteiger partial charge in [-0.15, -0.1) is 0 Å². The minimum atomic E-state index is 0.147. The zero-order valence-corrected chi connectivity index (χ0v) is 15.4. The number of rotatable bonds is 16. The fraction of sp³-hybridized carbons (Fsp3) is 1.00. The van der Waals surface area contributed by atoms with Crippen LogP contribution in [-0.4, -0.2) is 5.54 Å². The molecule has 2 N–H and O–H groups in total. The number of hydrogen-bond donors (Lipinski definition) is 1. The summed E-state index contributed by atoms with van der Waals surface area (Å²) in [6, 6.07) is 0. The van der Waals surface area contributed by atoms with Gasteiger partial charge in [-0.2, -0.15) is 0 Å². The molecule has 0 amide bonds. The van der Waals surface area contributed by atoms with Gasteiger partial charge in [-0.1, -0.05) is 104 Å². The predicted octanol–water partition coefficient (Wildman–Crippen LogP) is 6.99. The molecule has 0 aromatic rings. The Hall–Kier alpha value is -0.0400. The lowest BCUT2D eigenvalue weighted by Gasteiger charge is -2.30. The molecule has 0 saturated carbocycles. The average molecular weight is 298 g/mol. The third-order valence-electron chi connectivity index (χ3n) is 4.83. The van der Waals surface area contributed by atoms with E-state index >= 15 is 0 Å². The van der Waals surface area contributed by atoms with E-state index in [1.165, 1.54) is 103 Å². The molecule has 0 spiro atoms. The molecule has 0 aliphatic rings. The summed E-state index contributed by atoms with van der Waals surface area (Å²) in [5, 5.41) is 0. The molecule has 1 heteroatoms. The average Bonchev–Trinajstić information content (AvgIpc) is 2.48. The van der Waals surface area contributed by atoms with Gasteiger partial charge in [0.15, 0.2) is 0 Å². The summed E-state index contributed by atoms with van der Waals surface area (Å²) < 4.78 is 0. The molecular weight excluding hydrogens is 254 g/mol. The van der Waals surface area contributed by atoms with Crippen LogP contribution in [0.1, 0.15) is 124 Å². The monoisotopic (exact) mass is 297 g/mol. The van der Waals surface area contributed by atoms with Crippen LogP contribution in [0.5, 0.6) is 0 Å². The van der Waals surface area contributed by atoms with Crippen molar-refractivity contribution in [3.8, 4) is 0 Å². The van der Waals surface area contributed by atoms with Gasteiger partial charge in [-0.3, -0.25) is 0 Å². The van der Waals surface area contributed by atoms with Crippen LogP contribution in [0.3, 0.4) is 0 Å². The van der Waals surface area contributed by atoms with Gasteiger partial charge >= 0.3 is 0 Å².